The third-order valence-electron chi connectivity index (χ3n) is 9.13. The lowest BCUT2D eigenvalue weighted by Gasteiger charge is -2.34. The minimum atomic E-state index is -4.66. The van der Waals surface area contributed by atoms with E-state index in [1.807, 2.05) is 30.3 Å². The van der Waals surface area contributed by atoms with Crippen LogP contribution in [-0.2, 0) is 53.8 Å². The number of carbonyl (C=O) groups excluding carboxylic acids is 3. The van der Waals surface area contributed by atoms with Crippen molar-refractivity contribution in [2.75, 3.05) is 25.6 Å². The maximum Gasteiger partial charge on any atom is 0.459 e. The summed E-state index contributed by atoms with van der Waals surface area (Å²) in [5.41, 5.74) is 4.49. The van der Waals surface area contributed by atoms with E-state index in [9.17, 15) is 18.9 Å². The first kappa shape index (κ1) is 44.2. The Morgan fingerprint density at radius 1 is 0.948 bits per heavy atom. The van der Waals surface area contributed by atoms with Crippen LogP contribution in [0.25, 0.3) is 5.52 Å². The Balaban J connectivity index is 1.44. The minimum Gasteiger partial charge on any atom is -0.461 e. The monoisotopic (exact) mass is 827 g/mol. The van der Waals surface area contributed by atoms with Gasteiger partial charge in [-0.05, 0) is 50.6 Å². The summed E-state index contributed by atoms with van der Waals surface area (Å²) >= 11 is 0. The highest BCUT2D eigenvalue weighted by atomic mass is 31.2. The van der Waals surface area contributed by atoms with Crippen molar-refractivity contribution in [2.45, 2.75) is 90.6 Å². The zero-order valence-corrected chi connectivity index (χ0v) is 34.4. The van der Waals surface area contributed by atoms with Crippen LogP contribution < -0.4 is 15.3 Å². The van der Waals surface area contributed by atoms with Crippen molar-refractivity contribution < 1.29 is 56.1 Å². The predicted octanol–water partition coefficient (Wildman–Crippen LogP) is 5.95. The van der Waals surface area contributed by atoms with E-state index in [1.165, 1.54) is 29.9 Å². The SMILES string of the molecule is CC(C)C(=O)O[C@H]1[C@H](c2ccc3c(N)ncnn23)O[C@](CF)(COP(=O)(N[C@@H](C)C(=O)OCC(C)(C)OCc2ccccc2)Oc2ccccc2)[C@H]1OC(=O)C(C)C. The van der Waals surface area contributed by atoms with Gasteiger partial charge in [0.25, 0.3) is 0 Å². The molecule has 3 heterocycles. The van der Waals surface area contributed by atoms with Crippen molar-refractivity contribution in [3.05, 3.63) is 90.4 Å². The molecule has 1 unspecified atom stereocenters. The number of hydrogen-bond acceptors (Lipinski definition) is 14. The van der Waals surface area contributed by atoms with E-state index in [1.54, 1.807) is 71.9 Å². The van der Waals surface area contributed by atoms with Crippen molar-refractivity contribution >= 4 is 37.0 Å². The number of nitrogen functional groups attached to an aromatic ring is 1. The molecule has 1 saturated heterocycles. The fourth-order valence-electron chi connectivity index (χ4n) is 5.81. The summed E-state index contributed by atoms with van der Waals surface area (Å²) in [6.45, 7) is 9.07. The lowest BCUT2D eigenvalue weighted by molar-refractivity contribution is -0.178. The Morgan fingerprint density at radius 2 is 1.59 bits per heavy atom. The molecule has 0 aliphatic carbocycles. The molecule has 1 aliphatic heterocycles. The van der Waals surface area contributed by atoms with Crippen molar-refractivity contribution in [1.29, 1.82) is 0 Å². The van der Waals surface area contributed by atoms with E-state index >= 15 is 4.39 Å². The maximum atomic E-state index is 15.9. The Morgan fingerprint density at radius 3 is 2.22 bits per heavy atom. The van der Waals surface area contributed by atoms with Crippen LogP contribution in [0.5, 0.6) is 5.75 Å². The van der Waals surface area contributed by atoms with Gasteiger partial charge in [0.1, 0.15) is 43.0 Å². The number of nitrogens with two attached hydrogens (primary N) is 1. The van der Waals surface area contributed by atoms with Crippen LogP contribution in [0.2, 0.25) is 0 Å². The fourth-order valence-corrected chi connectivity index (χ4v) is 7.36. The third kappa shape index (κ3) is 10.8. The number of rotatable bonds is 19. The van der Waals surface area contributed by atoms with Crippen LogP contribution in [-0.4, -0.2) is 81.8 Å². The van der Waals surface area contributed by atoms with Crippen molar-refractivity contribution in [2.24, 2.45) is 11.8 Å². The van der Waals surface area contributed by atoms with Crippen molar-refractivity contribution in [1.82, 2.24) is 19.7 Å². The van der Waals surface area contributed by atoms with Crippen LogP contribution in [0.4, 0.5) is 10.2 Å². The normalized spacial score (nSPS) is 21.1. The van der Waals surface area contributed by atoms with E-state index < -0.39 is 86.3 Å². The topological polar surface area (TPSA) is 201 Å². The molecular formula is C40H51FN5O11P. The first-order chi connectivity index (χ1) is 27.5. The highest BCUT2D eigenvalue weighted by Crippen LogP contribution is 2.50. The smallest absolute Gasteiger partial charge is 0.459 e. The molecule has 1 fully saturated rings. The Hall–Kier alpha value is -4.93. The minimum absolute atomic E-state index is 0.0808. The summed E-state index contributed by atoms with van der Waals surface area (Å²) < 4.78 is 73.5. The quantitative estimate of drug-likeness (QED) is 0.0638. The van der Waals surface area contributed by atoms with Crippen LogP contribution in [0.15, 0.2) is 79.1 Å². The number of anilines is 1. The second kappa shape index (κ2) is 18.8. The molecule has 1 aliphatic rings. The molecule has 4 aromatic rings. The lowest BCUT2D eigenvalue weighted by Crippen LogP contribution is -2.52. The largest absolute Gasteiger partial charge is 0.461 e. The molecule has 0 amide bonds. The van der Waals surface area contributed by atoms with Crippen LogP contribution in [0, 0.1) is 11.8 Å². The van der Waals surface area contributed by atoms with Crippen molar-refractivity contribution in [3.63, 3.8) is 0 Å². The zero-order chi connectivity index (χ0) is 42.3. The van der Waals surface area contributed by atoms with Gasteiger partial charge in [-0.15, -0.1) is 0 Å². The van der Waals surface area contributed by atoms with E-state index in [2.05, 4.69) is 15.2 Å². The van der Waals surface area contributed by atoms with Gasteiger partial charge < -0.3 is 33.9 Å². The number of hydrogen-bond donors (Lipinski definition) is 2. The summed E-state index contributed by atoms with van der Waals surface area (Å²) in [6, 6.07) is 19.3. The zero-order valence-electron chi connectivity index (χ0n) is 33.5. The summed E-state index contributed by atoms with van der Waals surface area (Å²) in [4.78, 5) is 43.8. The second-order valence-electron chi connectivity index (χ2n) is 15.2. The Kier molecular flexibility index (Phi) is 14.3. The predicted molar refractivity (Wildman–Crippen MR) is 209 cm³/mol. The molecule has 16 nitrogen and oxygen atoms in total. The second-order valence-corrected chi connectivity index (χ2v) is 16.9. The van der Waals surface area contributed by atoms with Gasteiger partial charge in [-0.2, -0.15) is 10.2 Å². The number of nitrogens with zero attached hydrogens (tertiary/aromatic N) is 3. The summed E-state index contributed by atoms with van der Waals surface area (Å²) in [5.74, 6) is -3.42. The molecule has 0 radical (unpaired) electrons. The number of benzene rings is 2. The summed E-state index contributed by atoms with van der Waals surface area (Å²) in [5, 5.41) is 6.86. The molecule has 2 aromatic heterocycles. The highest BCUT2D eigenvalue weighted by molar-refractivity contribution is 7.52. The number of fused-ring (bicyclic) bond motifs is 1. The van der Waals surface area contributed by atoms with Gasteiger partial charge in [0.05, 0.1) is 36.3 Å². The van der Waals surface area contributed by atoms with Gasteiger partial charge in [-0.1, -0.05) is 76.2 Å². The average Bonchev–Trinajstić information content (AvgIpc) is 3.76. The maximum absolute atomic E-state index is 15.9. The molecule has 0 bridgehead atoms. The van der Waals surface area contributed by atoms with Gasteiger partial charge in [0.2, 0.25) is 0 Å². The van der Waals surface area contributed by atoms with Crippen molar-refractivity contribution in [3.8, 4) is 5.75 Å². The number of aromatic nitrogens is 3. The highest BCUT2D eigenvalue weighted by Gasteiger charge is 2.62. The molecular weight excluding hydrogens is 776 g/mol. The molecule has 6 atom stereocenters. The molecule has 314 valence electrons. The van der Waals surface area contributed by atoms with Crippen LogP contribution in [0.3, 0.4) is 0 Å². The Bertz CT molecular complexity index is 2070. The summed E-state index contributed by atoms with van der Waals surface area (Å²) in [7, 11) is -4.66. The van der Waals surface area contributed by atoms with Gasteiger partial charge in [-0.25, -0.2) is 18.5 Å². The first-order valence-electron chi connectivity index (χ1n) is 18.8. The van der Waals surface area contributed by atoms with E-state index in [4.69, 9.17) is 38.5 Å². The molecule has 58 heavy (non-hydrogen) atoms. The molecule has 5 rings (SSSR count). The number of halogens is 1. The van der Waals surface area contributed by atoms with Crippen LogP contribution >= 0.6 is 7.75 Å². The van der Waals surface area contributed by atoms with E-state index in [0.29, 0.717) is 5.52 Å². The molecule has 2 aromatic carbocycles. The lowest BCUT2D eigenvalue weighted by atomic mass is 9.95. The standard InChI is InChI=1S/C40H51FN5O11P/c1-25(2)36(47)54-33-32(30-18-19-31-35(42)43-24-44-46(30)31)56-40(21-41,34(33)55-37(48)26(3)4)23-53-58(50,57-29-16-12-9-13-17-29)45-27(5)38(49)51-22-39(6,7)52-20-28-14-10-8-11-15-28/h8-19,24-27,32-34H,20-23H2,1-7H3,(H,45,50)(H2,42,43,44)/t27-,32-,33-,34-,40+,58?/m0/s1. The average molecular weight is 828 g/mol. The fraction of sp³-hybridized carbons (Fsp3) is 0.475. The number of ether oxygens (including phenoxy) is 5. The number of alkyl halides is 1. The van der Waals surface area contributed by atoms with E-state index in [-0.39, 0.29) is 30.5 Å². The number of para-hydroxylation sites is 1. The van der Waals surface area contributed by atoms with Gasteiger partial charge >= 0.3 is 25.7 Å². The molecule has 0 spiro atoms. The summed E-state index contributed by atoms with van der Waals surface area (Å²) in [6.07, 6.45) is -3.25. The number of carbonyl (C=O) groups is 3. The van der Waals surface area contributed by atoms with Gasteiger partial charge in [0, 0.05) is 0 Å². The van der Waals surface area contributed by atoms with Crippen LogP contribution in [0.1, 0.15) is 65.8 Å². The van der Waals surface area contributed by atoms with E-state index in [0.717, 1.165) is 5.56 Å². The number of nitrogens with one attached hydrogen (secondary N) is 1. The number of esters is 3. The van der Waals surface area contributed by atoms with Gasteiger partial charge in [0.15, 0.2) is 23.6 Å². The Labute approximate surface area is 336 Å². The molecule has 0 saturated carbocycles. The third-order valence-corrected chi connectivity index (χ3v) is 10.8. The first-order valence-corrected chi connectivity index (χ1v) is 20.3. The van der Waals surface area contributed by atoms with Gasteiger partial charge in [-0.3, -0.25) is 18.9 Å². The molecule has 18 heteroatoms. The molecule has 3 N–H and O–H groups in total.